The summed E-state index contributed by atoms with van der Waals surface area (Å²) in [7, 11) is -3.72. The van der Waals surface area contributed by atoms with Gasteiger partial charge in [-0.25, -0.2) is 8.42 Å². The van der Waals surface area contributed by atoms with Crippen LogP contribution in [0.2, 0.25) is 0 Å². The number of halogens is 6. The number of alkyl halides is 6. The van der Waals surface area contributed by atoms with Crippen molar-refractivity contribution in [2.45, 2.75) is 49.5 Å². The van der Waals surface area contributed by atoms with Crippen molar-refractivity contribution in [2.75, 3.05) is 49.7 Å². The number of fused-ring (bicyclic) bond motifs is 1. The van der Waals surface area contributed by atoms with Crippen molar-refractivity contribution in [1.82, 2.24) is 4.90 Å². The molecule has 0 radical (unpaired) electrons. The summed E-state index contributed by atoms with van der Waals surface area (Å²) in [6.45, 7) is 3.17. The maximum atomic E-state index is 13.6. The molecule has 0 spiro atoms. The van der Waals surface area contributed by atoms with Gasteiger partial charge in [0.05, 0.1) is 38.8 Å². The van der Waals surface area contributed by atoms with Crippen LogP contribution in [0.4, 0.5) is 37.7 Å². The van der Waals surface area contributed by atoms with E-state index >= 15 is 0 Å². The average Bonchev–Trinajstić information content (AvgIpc) is 3.26. The zero-order valence-electron chi connectivity index (χ0n) is 23.5. The van der Waals surface area contributed by atoms with Gasteiger partial charge >= 0.3 is 12.4 Å². The Morgan fingerprint density at radius 1 is 1.05 bits per heavy atom. The first-order valence-electron chi connectivity index (χ1n) is 13.5. The molecule has 0 bridgehead atoms. The van der Waals surface area contributed by atoms with E-state index in [1.165, 1.54) is 12.1 Å². The van der Waals surface area contributed by atoms with Crippen LogP contribution in [0.3, 0.4) is 0 Å². The van der Waals surface area contributed by atoms with Crippen molar-refractivity contribution >= 4 is 42.6 Å². The lowest BCUT2D eigenvalue weighted by Crippen LogP contribution is -2.38. The lowest BCUT2D eigenvalue weighted by Gasteiger charge is -2.32. The highest BCUT2D eigenvalue weighted by Crippen LogP contribution is 2.39. The third-order valence-electron chi connectivity index (χ3n) is 6.93. The van der Waals surface area contributed by atoms with E-state index in [1.54, 1.807) is 12.1 Å². The summed E-state index contributed by atoms with van der Waals surface area (Å²) in [4.78, 5) is 2.35. The van der Waals surface area contributed by atoms with Crippen LogP contribution < -0.4 is 15.4 Å². The van der Waals surface area contributed by atoms with Crippen LogP contribution in [0, 0.1) is 11.8 Å². The van der Waals surface area contributed by atoms with Crippen molar-refractivity contribution < 1.29 is 39.5 Å². The molecule has 0 atom stereocenters. The normalized spacial score (nSPS) is 15.3. The number of thiophene rings is 1. The van der Waals surface area contributed by atoms with E-state index in [0.29, 0.717) is 10.1 Å². The molecule has 2 aromatic carbocycles. The fourth-order valence-electron chi connectivity index (χ4n) is 4.80. The van der Waals surface area contributed by atoms with Crippen molar-refractivity contribution in [3.8, 4) is 17.6 Å². The standard InChI is InChI=1S/C29H31F6N3O3S2/c1-3-38-14-11-19(12-15-38)37-24-7-4-6-21-22(17-28(30,31)32)26(42-27(21)24)8-5-13-36-23-10-9-20(43(2,39)40)16-25(23)41-18-29(33,34)35/h4,6-7,9-10,16,19,36-37H,3,11-15,17-18H2,1-2H3. The summed E-state index contributed by atoms with van der Waals surface area (Å²) in [6, 6.07) is 8.85. The van der Waals surface area contributed by atoms with Gasteiger partial charge in [-0.05, 0) is 48.5 Å². The number of benzene rings is 2. The zero-order valence-corrected chi connectivity index (χ0v) is 25.1. The molecule has 234 valence electrons. The van der Waals surface area contributed by atoms with Crippen molar-refractivity contribution in [3.63, 3.8) is 0 Å². The Morgan fingerprint density at radius 3 is 2.40 bits per heavy atom. The fourth-order valence-corrected chi connectivity index (χ4v) is 6.60. The Labute approximate surface area is 250 Å². The summed E-state index contributed by atoms with van der Waals surface area (Å²) in [5.41, 5.74) is 0.874. The average molecular weight is 648 g/mol. The molecule has 1 saturated heterocycles. The predicted octanol–water partition coefficient (Wildman–Crippen LogP) is 6.71. The van der Waals surface area contributed by atoms with Gasteiger partial charge in [0.25, 0.3) is 0 Å². The third kappa shape index (κ3) is 9.17. The molecule has 0 amide bonds. The first kappa shape index (κ1) is 32.8. The molecule has 1 aromatic heterocycles. The largest absolute Gasteiger partial charge is 0.482 e. The van der Waals surface area contributed by atoms with E-state index in [2.05, 4.69) is 34.3 Å². The molecule has 43 heavy (non-hydrogen) atoms. The minimum atomic E-state index is -4.66. The third-order valence-corrected chi connectivity index (χ3v) is 9.24. The molecule has 6 nitrogen and oxygen atoms in total. The van der Waals surface area contributed by atoms with Crippen LogP contribution in [-0.2, 0) is 16.3 Å². The van der Waals surface area contributed by atoms with E-state index in [0.717, 1.165) is 61.8 Å². The molecular formula is C29H31F6N3O3S2. The van der Waals surface area contributed by atoms with Gasteiger partial charge in [-0.1, -0.05) is 30.9 Å². The number of nitrogens with one attached hydrogen (secondary N) is 2. The minimum Gasteiger partial charge on any atom is -0.482 e. The molecule has 2 heterocycles. The van der Waals surface area contributed by atoms with Crippen molar-refractivity contribution in [3.05, 3.63) is 46.8 Å². The summed E-state index contributed by atoms with van der Waals surface area (Å²) in [5.74, 6) is 5.21. The van der Waals surface area contributed by atoms with Crippen LogP contribution in [0.25, 0.3) is 10.1 Å². The smallest absolute Gasteiger partial charge is 0.422 e. The van der Waals surface area contributed by atoms with E-state index < -0.39 is 35.2 Å². The SMILES string of the molecule is CCN1CCC(Nc2cccc3c(CC(F)(F)F)c(C#CCNc4ccc(S(C)(=O)=O)cc4OCC(F)(F)F)sc23)CC1. The number of anilines is 2. The second-order valence-corrected chi connectivity index (χ2v) is 13.3. The van der Waals surface area contributed by atoms with Gasteiger partial charge in [0, 0.05) is 31.5 Å². The van der Waals surface area contributed by atoms with Crippen LogP contribution in [0.5, 0.6) is 5.75 Å². The van der Waals surface area contributed by atoms with E-state index in [4.69, 9.17) is 4.74 Å². The first-order valence-corrected chi connectivity index (χ1v) is 16.2. The van der Waals surface area contributed by atoms with Crippen LogP contribution in [0.1, 0.15) is 30.2 Å². The van der Waals surface area contributed by atoms with Gasteiger partial charge in [0.2, 0.25) is 0 Å². The fraction of sp³-hybridized carbons (Fsp3) is 0.448. The van der Waals surface area contributed by atoms with Crippen LogP contribution in [0.15, 0.2) is 41.3 Å². The number of ether oxygens (including phenoxy) is 1. The lowest BCUT2D eigenvalue weighted by atomic mass is 10.0. The van der Waals surface area contributed by atoms with E-state index in [9.17, 15) is 34.8 Å². The van der Waals surface area contributed by atoms with Gasteiger partial charge < -0.3 is 20.3 Å². The Balaban J connectivity index is 1.58. The molecule has 0 aliphatic carbocycles. The van der Waals surface area contributed by atoms with Crippen LogP contribution in [-0.4, -0.2) is 70.8 Å². The number of likely N-dealkylation sites (tertiary alicyclic amines) is 1. The van der Waals surface area contributed by atoms with Gasteiger partial charge in [-0.3, -0.25) is 0 Å². The van der Waals surface area contributed by atoms with Gasteiger partial charge in [-0.2, -0.15) is 26.3 Å². The highest BCUT2D eigenvalue weighted by Gasteiger charge is 2.32. The number of nitrogens with zero attached hydrogens (tertiary/aromatic N) is 1. The Morgan fingerprint density at radius 2 is 1.77 bits per heavy atom. The molecule has 1 aliphatic rings. The predicted molar refractivity (Wildman–Crippen MR) is 157 cm³/mol. The molecule has 2 N–H and O–H groups in total. The Kier molecular flexibility index (Phi) is 10.1. The molecule has 3 aromatic rings. The maximum absolute atomic E-state index is 13.6. The first-order chi connectivity index (χ1) is 20.1. The van der Waals surface area contributed by atoms with E-state index in [-0.39, 0.29) is 39.4 Å². The number of piperidine rings is 1. The van der Waals surface area contributed by atoms with E-state index in [1.807, 2.05) is 6.07 Å². The van der Waals surface area contributed by atoms with Gasteiger partial charge in [0.1, 0.15) is 5.75 Å². The highest BCUT2D eigenvalue weighted by atomic mass is 32.2. The molecule has 1 fully saturated rings. The monoisotopic (exact) mass is 647 g/mol. The molecule has 0 unspecified atom stereocenters. The molecule has 4 rings (SSSR count). The minimum absolute atomic E-state index is 0.0541. The molecule has 1 aliphatic heterocycles. The quantitative estimate of drug-likeness (QED) is 0.199. The summed E-state index contributed by atoms with van der Waals surface area (Å²) in [5, 5.41) is 6.76. The highest BCUT2D eigenvalue weighted by molar-refractivity contribution is 7.90. The lowest BCUT2D eigenvalue weighted by molar-refractivity contribution is -0.153. The number of sulfone groups is 1. The summed E-state index contributed by atoms with van der Waals surface area (Å²) >= 11 is 1.16. The topological polar surface area (TPSA) is 70.7 Å². The second kappa shape index (κ2) is 13.2. The zero-order chi connectivity index (χ0) is 31.4. The summed E-state index contributed by atoms with van der Waals surface area (Å²) < 4.78 is 108. The molecular weight excluding hydrogens is 616 g/mol. The number of hydrogen-bond acceptors (Lipinski definition) is 7. The van der Waals surface area contributed by atoms with Gasteiger partial charge in [-0.15, -0.1) is 11.3 Å². The molecule has 0 saturated carbocycles. The Hall–Kier alpha value is -3.15. The molecule has 14 heteroatoms. The Bertz CT molecular complexity index is 1600. The van der Waals surface area contributed by atoms with Gasteiger partial charge in [0.15, 0.2) is 16.4 Å². The summed E-state index contributed by atoms with van der Waals surface area (Å²) in [6.07, 6.45) is -7.54. The van der Waals surface area contributed by atoms with Crippen LogP contribution >= 0.6 is 11.3 Å². The number of rotatable bonds is 9. The van der Waals surface area contributed by atoms with Crippen molar-refractivity contribution in [2.24, 2.45) is 0 Å². The maximum Gasteiger partial charge on any atom is 0.422 e. The van der Waals surface area contributed by atoms with Crippen molar-refractivity contribution in [1.29, 1.82) is 0 Å². The number of hydrogen-bond donors (Lipinski definition) is 2. The second-order valence-electron chi connectivity index (χ2n) is 10.2.